The second-order valence-corrected chi connectivity index (χ2v) is 6.21. The van der Waals surface area contributed by atoms with Gasteiger partial charge in [0.25, 0.3) is 0 Å². The third kappa shape index (κ3) is 3.47. The molecule has 2 heteroatoms. The summed E-state index contributed by atoms with van der Waals surface area (Å²) in [5.41, 5.74) is 0. The topological polar surface area (TPSA) is 12.0 Å². The fraction of sp³-hybridized carbons (Fsp3) is 1.00. The molecule has 1 saturated heterocycles. The van der Waals surface area contributed by atoms with Gasteiger partial charge in [-0.1, -0.05) is 19.3 Å². The maximum atomic E-state index is 3.68. The summed E-state index contributed by atoms with van der Waals surface area (Å²) in [5.74, 6) is 2.39. The molecule has 14 heavy (non-hydrogen) atoms. The largest absolute Gasteiger partial charge is 0.315 e. The van der Waals surface area contributed by atoms with E-state index in [9.17, 15) is 0 Å². The number of thioether (sulfide) groups is 1. The van der Waals surface area contributed by atoms with Gasteiger partial charge < -0.3 is 5.32 Å². The van der Waals surface area contributed by atoms with Gasteiger partial charge in [-0.3, -0.25) is 0 Å². The van der Waals surface area contributed by atoms with Crippen LogP contribution in [0.4, 0.5) is 0 Å². The Balaban J connectivity index is 1.52. The van der Waals surface area contributed by atoms with Crippen LogP contribution in [0.1, 0.15) is 44.9 Å². The van der Waals surface area contributed by atoms with Gasteiger partial charge in [-0.25, -0.2) is 0 Å². The summed E-state index contributed by atoms with van der Waals surface area (Å²) in [6.45, 7) is 2.55. The summed E-state index contributed by atoms with van der Waals surface area (Å²) in [5, 5.41) is 4.61. The first-order chi connectivity index (χ1) is 6.95. The summed E-state index contributed by atoms with van der Waals surface area (Å²) in [6, 6.07) is 0. The minimum atomic E-state index is 0.929. The van der Waals surface area contributed by atoms with Crippen LogP contribution in [0.2, 0.25) is 0 Å². The molecular formula is C12H23NS. The van der Waals surface area contributed by atoms with Crippen molar-refractivity contribution in [3.05, 3.63) is 0 Å². The molecule has 0 aromatic heterocycles. The second kappa shape index (κ2) is 6.02. The third-order valence-corrected chi connectivity index (χ3v) is 4.95. The van der Waals surface area contributed by atoms with Crippen molar-refractivity contribution in [1.82, 2.24) is 5.32 Å². The molecule has 1 N–H and O–H groups in total. The maximum Gasteiger partial charge on any atom is 0.0172 e. The van der Waals surface area contributed by atoms with Gasteiger partial charge in [0, 0.05) is 11.8 Å². The predicted molar refractivity (Wildman–Crippen MR) is 64.9 cm³/mol. The molecule has 1 saturated carbocycles. The van der Waals surface area contributed by atoms with Crippen molar-refractivity contribution in [2.24, 2.45) is 5.92 Å². The van der Waals surface area contributed by atoms with Crippen LogP contribution in [-0.4, -0.2) is 24.1 Å². The highest BCUT2D eigenvalue weighted by molar-refractivity contribution is 8.00. The fourth-order valence-corrected chi connectivity index (χ4v) is 3.88. The minimum Gasteiger partial charge on any atom is -0.315 e. The van der Waals surface area contributed by atoms with Crippen molar-refractivity contribution in [2.45, 2.75) is 50.2 Å². The average Bonchev–Trinajstić information content (AvgIpc) is 2.72. The highest BCUT2D eigenvalue weighted by atomic mass is 32.2. The van der Waals surface area contributed by atoms with E-state index >= 15 is 0 Å². The Morgan fingerprint density at radius 3 is 2.50 bits per heavy atom. The predicted octanol–water partition coefficient (Wildman–Crippen LogP) is 3.05. The van der Waals surface area contributed by atoms with Crippen molar-refractivity contribution in [3.63, 3.8) is 0 Å². The molecule has 1 heterocycles. The van der Waals surface area contributed by atoms with E-state index in [0.29, 0.717) is 0 Å². The van der Waals surface area contributed by atoms with Gasteiger partial charge in [0.1, 0.15) is 0 Å². The van der Waals surface area contributed by atoms with E-state index in [2.05, 4.69) is 17.1 Å². The SMILES string of the molecule is C1CCC(CNCC2CCCS2)CC1. The standard InChI is InChI=1S/C12H23NS/c1-2-5-11(6-3-1)9-13-10-12-7-4-8-14-12/h11-13H,1-10H2. The van der Waals surface area contributed by atoms with E-state index in [1.54, 1.807) is 0 Å². The molecular weight excluding hydrogens is 190 g/mol. The summed E-state index contributed by atoms with van der Waals surface area (Å²) in [4.78, 5) is 0. The number of rotatable bonds is 4. The molecule has 0 aromatic carbocycles. The number of hydrogen-bond donors (Lipinski definition) is 1. The van der Waals surface area contributed by atoms with E-state index in [4.69, 9.17) is 0 Å². The zero-order valence-electron chi connectivity index (χ0n) is 9.13. The lowest BCUT2D eigenvalue weighted by Crippen LogP contribution is -2.29. The molecule has 1 atom stereocenters. The van der Waals surface area contributed by atoms with Gasteiger partial charge in [0.2, 0.25) is 0 Å². The van der Waals surface area contributed by atoms with Crippen molar-refractivity contribution in [3.8, 4) is 0 Å². The molecule has 1 nitrogen and oxygen atoms in total. The zero-order valence-corrected chi connectivity index (χ0v) is 9.95. The minimum absolute atomic E-state index is 0.929. The van der Waals surface area contributed by atoms with Crippen LogP contribution in [0.25, 0.3) is 0 Å². The Bertz CT molecular complexity index is 148. The van der Waals surface area contributed by atoms with Crippen molar-refractivity contribution >= 4 is 11.8 Å². The summed E-state index contributed by atoms with van der Waals surface area (Å²) in [7, 11) is 0. The van der Waals surface area contributed by atoms with E-state index in [-0.39, 0.29) is 0 Å². The molecule has 82 valence electrons. The smallest absolute Gasteiger partial charge is 0.0172 e. The average molecular weight is 213 g/mol. The number of nitrogens with one attached hydrogen (secondary N) is 1. The van der Waals surface area contributed by atoms with Gasteiger partial charge in [0.05, 0.1) is 0 Å². The molecule has 0 spiro atoms. The lowest BCUT2D eigenvalue weighted by molar-refractivity contribution is 0.342. The Labute approximate surface area is 92.4 Å². The quantitative estimate of drug-likeness (QED) is 0.770. The van der Waals surface area contributed by atoms with Crippen molar-refractivity contribution in [1.29, 1.82) is 0 Å². The van der Waals surface area contributed by atoms with Crippen LogP contribution < -0.4 is 5.32 Å². The van der Waals surface area contributed by atoms with E-state index in [1.165, 1.54) is 63.8 Å². The normalized spacial score (nSPS) is 29.6. The van der Waals surface area contributed by atoms with Crippen LogP contribution in [-0.2, 0) is 0 Å². The second-order valence-electron chi connectivity index (χ2n) is 4.80. The first-order valence-electron chi connectivity index (χ1n) is 6.27. The van der Waals surface area contributed by atoms with E-state index in [0.717, 1.165) is 11.2 Å². The van der Waals surface area contributed by atoms with E-state index < -0.39 is 0 Å². The highest BCUT2D eigenvalue weighted by Gasteiger charge is 2.16. The van der Waals surface area contributed by atoms with Crippen LogP contribution in [0.3, 0.4) is 0 Å². The highest BCUT2D eigenvalue weighted by Crippen LogP contribution is 2.26. The fourth-order valence-electron chi connectivity index (χ4n) is 2.65. The van der Waals surface area contributed by atoms with Crippen molar-refractivity contribution in [2.75, 3.05) is 18.8 Å². The van der Waals surface area contributed by atoms with Crippen LogP contribution in [0.15, 0.2) is 0 Å². The maximum absolute atomic E-state index is 3.68. The first kappa shape index (κ1) is 10.8. The third-order valence-electron chi connectivity index (χ3n) is 3.55. The Morgan fingerprint density at radius 1 is 0.929 bits per heavy atom. The molecule has 1 unspecified atom stereocenters. The zero-order chi connectivity index (χ0) is 9.64. The Hall–Kier alpha value is 0.310. The molecule has 1 aliphatic carbocycles. The Morgan fingerprint density at radius 2 is 1.79 bits per heavy atom. The molecule has 2 aliphatic rings. The van der Waals surface area contributed by atoms with Crippen LogP contribution in [0.5, 0.6) is 0 Å². The van der Waals surface area contributed by atoms with Crippen LogP contribution >= 0.6 is 11.8 Å². The van der Waals surface area contributed by atoms with Crippen LogP contribution in [0, 0.1) is 5.92 Å². The lowest BCUT2D eigenvalue weighted by Gasteiger charge is -2.22. The van der Waals surface area contributed by atoms with Crippen molar-refractivity contribution < 1.29 is 0 Å². The van der Waals surface area contributed by atoms with Gasteiger partial charge in [0.15, 0.2) is 0 Å². The van der Waals surface area contributed by atoms with Gasteiger partial charge in [-0.15, -0.1) is 0 Å². The Kier molecular flexibility index (Phi) is 4.65. The molecule has 0 aromatic rings. The van der Waals surface area contributed by atoms with Gasteiger partial charge in [-0.05, 0) is 43.9 Å². The monoisotopic (exact) mass is 213 g/mol. The summed E-state index contributed by atoms with van der Waals surface area (Å²) in [6.07, 6.45) is 10.3. The summed E-state index contributed by atoms with van der Waals surface area (Å²) >= 11 is 2.17. The first-order valence-corrected chi connectivity index (χ1v) is 7.32. The molecule has 2 fully saturated rings. The van der Waals surface area contributed by atoms with E-state index in [1.807, 2.05) is 0 Å². The van der Waals surface area contributed by atoms with Gasteiger partial charge >= 0.3 is 0 Å². The molecule has 0 bridgehead atoms. The van der Waals surface area contributed by atoms with Gasteiger partial charge in [-0.2, -0.15) is 11.8 Å². The molecule has 1 aliphatic heterocycles. The molecule has 2 rings (SSSR count). The lowest BCUT2D eigenvalue weighted by atomic mass is 9.89. The molecule has 0 amide bonds. The number of hydrogen-bond acceptors (Lipinski definition) is 2. The summed E-state index contributed by atoms with van der Waals surface area (Å²) < 4.78 is 0. The molecule has 0 radical (unpaired) electrons.